The lowest BCUT2D eigenvalue weighted by Gasteiger charge is -2.26. The highest BCUT2D eigenvalue weighted by Crippen LogP contribution is 2.25. The van der Waals surface area contributed by atoms with Crippen molar-refractivity contribution in [3.05, 3.63) is 76.5 Å². The number of aromatic nitrogens is 2. The Morgan fingerprint density at radius 1 is 1.12 bits per heavy atom. The number of nitrogens with one attached hydrogen (secondary N) is 1. The number of carbonyl (C=O) groups is 2. The number of benzene rings is 1. The van der Waals surface area contributed by atoms with Crippen LogP contribution in [0.2, 0.25) is 0 Å². The molecule has 2 heterocycles. The van der Waals surface area contributed by atoms with Gasteiger partial charge in [-0.05, 0) is 30.7 Å². The Morgan fingerprint density at radius 2 is 1.85 bits per heavy atom. The highest BCUT2D eigenvalue weighted by molar-refractivity contribution is 7.87. The van der Waals surface area contributed by atoms with E-state index in [4.69, 9.17) is 0 Å². The number of hydrogen-bond donors (Lipinski definition) is 2. The molecule has 9 nitrogen and oxygen atoms in total. The molecule has 174 valence electrons. The lowest BCUT2D eigenvalue weighted by atomic mass is 10.1. The molecule has 0 spiro atoms. The first-order valence-electron chi connectivity index (χ1n) is 10.3. The Labute approximate surface area is 196 Å². The Balaban J connectivity index is 1.78. The molecule has 1 unspecified atom stereocenters. The zero-order chi connectivity index (χ0) is 23.8. The smallest absolute Gasteiger partial charge is 0.345 e. The second-order valence-electron chi connectivity index (χ2n) is 7.13. The normalized spacial score (nSPS) is 12.2. The van der Waals surface area contributed by atoms with Gasteiger partial charge in [0.1, 0.15) is 10.7 Å². The molecule has 1 amide bonds. The van der Waals surface area contributed by atoms with Crippen LogP contribution in [-0.2, 0) is 21.5 Å². The highest BCUT2D eigenvalue weighted by atomic mass is 32.2. The van der Waals surface area contributed by atoms with E-state index in [1.165, 1.54) is 29.7 Å². The molecule has 2 aromatic heterocycles. The van der Waals surface area contributed by atoms with Crippen molar-refractivity contribution in [2.75, 3.05) is 10.8 Å². The molecule has 1 aromatic carbocycles. The summed E-state index contributed by atoms with van der Waals surface area (Å²) >= 11 is 1.29. The number of amides is 1. The number of aryl methyl sites for hydroxylation is 1. The van der Waals surface area contributed by atoms with Crippen LogP contribution in [0, 0.1) is 0 Å². The number of Topliss-reactive ketones (excluding diaryl/α,β-unsaturated/α-hetero) is 1. The third kappa shape index (κ3) is 6.91. The van der Waals surface area contributed by atoms with Crippen molar-refractivity contribution in [3.63, 3.8) is 0 Å². The molecule has 3 rings (SSSR count). The van der Waals surface area contributed by atoms with E-state index in [9.17, 15) is 22.6 Å². The summed E-state index contributed by atoms with van der Waals surface area (Å²) in [6.07, 6.45) is 2.03. The van der Waals surface area contributed by atoms with Gasteiger partial charge in [0.25, 0.3) is 0 Å². The maximum atomic E-state index is 12.7. The van der Waals surface area contributed by atoms with E-state index in [0.29, 0.717) is 11.4 Å². The number of para-hydroxylation sites is 1. The van der Waals surface area contributed by atoms with Crippen molar-refractivity contribution in [1.29, 1.82) is 0 Å². The van der Waals surface area contributed by atoms with Crippen LogP contribution in [0.15, 0.2) is 60.1 Å². The van der Waals surface area contributed by atoms with Crippen molar-refractivity contribution in [2.45, 2.75) is 32.2 Å². The molecule has 0 saturated carbocycles. The van der Waals surface area contributed by atoms with Gasteiger partial charge in [0.15, 0.2) is 5.78 Å². The van der Waals surface area contributed by atoms with Gasteiger partial charge in [0.05, 0.1) is 24.0 Å². The SMILES string of the molecule is CCc1csc(C(CN(c2ccccc2)S(=O)(=O)O)NC(=O)CCC(=O)c2ccccn2)n1. The fraction of sp³-hybridized carbons (Fsp3) is 0.273. The average Bonchev–Trinajstić information content (AvgIpc) is 3.30. The van der Waals surface area contributed by atoms with Gasteiger partial charge in [-0.25, -0.2) is 9.29 Å². The summed E-state index contributed by atoms with van der Waals surface area (Å²) < 4.78 is 34.9. The third-order valence-corrected chi connectivity index (χ3v) is 6.69. The molecule has 1 atom stereocenters. The molecule has 11 heteroatoms. The maximum absolute atomic E-state index is 12.7. The Hall–Kier alpha value is -3.15. The van der Waals surface area contributed by atoms with Gasteiger partial charge in [-0.15, -0.1) is 11.3 Å². The molecule has 0 radical (unpaired) electrons. The fourth-order valence-electron chi connectivity index (χ4n) is 3.07. The molecule has 33 heavy (non-hydrogen) atoms. The van der Waals surface area contributed by atoms with Crippen molar-refractivity contribution >= 4 is 39.0 Å². The predicted octanol–water partition coefficient (Wildman–Crippen LogP) is 3.23. The monoisotopic (exact) mass is 488 g/mol. The fourth-order valence-corrected chi connectivity index (χ4v) is 4.74. The molecule has 0 bridgehead atoms. The first-order valence-corrected chi connectivity index (χ1v) is 12.5. The number of thiazole rings is 1. The minimum Gasteiger partial charge on any atom is -0.345 e. The van der Waals surface area contributed by atoms with E-state index in [1.54, 1.807) is 36.4 Å². The number of hydrogen-bond acceptors (Lipinski definition) is 7. The van der Waals surface area contributed by atoms with E-state index >= 15 is 0 Å². The molecular weight excluding hydrogens is 464 g/mol. The van der Waals surface area contributed by atoms with Crippen LogP contribution in [0.1, 0.15) is 47.0 Å². The third-order valence-electron chi connectivity index (χ3n) is 4.77. The van der Waals surface area contributed by atoms with Crippen LogP contribution in [0.4, 0.5) is 5.69 Å². The van der Waals surface area contributed by atoms with E-state index < -0.39 is 22.3 Å². The summed E-state index contributed by atoms with van der Waals surface area (Å²) in [4.78, 5) is 33.4. The van der Waals surface area contributed by atoms with Crippen LogP contribution in [0.5, 0.6) is 0 Å². The number of anilines is 1. The van der Waals surface area contributed by atoms with Gasteiger partial charge in [-0.1, -0.05) is 31.2 Å². The Kier molecular flexibility index (Phi) is 8.26. The predicted molar refractivity (Wildman–Crippen MR) is 126 cm³/mol. The van der Waals surface area contributed by atoms with E-state index in [0.717, 1.165) is 10.00 Å². The van der Waals surface area contributed by atoms with Crippen molar-refractivity contribution in [1.82, 2.24) is 15.3 Å². The topological polar surface area (TPSA) is 130 Å². The number of pyridine rings is 1. The minimum atomic E-state index is -4.62. The number of nitrogens with zero attached hydrogens (tertiary/aromatic N) is 3. The van der Waals surface area contributed by atoms with Gasteiger partial charge in [-0.3, -0.25) is 19.1 Å². The zero-order valence-corrected chi connectivity index (χ0v) is 19.6. The Bertz CT molecular complexity index is 1180. The summed E-state index contributed by atoms with van der Waals surface area (Å²) in [6, 6.07) is 12.2. The summed E-state index contributed by atoms with van der Waals surface area (Å²) in [7, 11) is -4.62. The Morgan fingerprint density at radius 3 is 2.45 bits per heavy atom. The molecule has 2 N–H and O–H groups in total. The summed E-state index contributed by atoms with van der Waals surface area (Å²) in [5, 5.41) is 5.10. The van der Waals surface area contributed by atoms with E-state index in [-0.39, 0.29) is 36.6 Å². The average molecular weight is 489 g/mol. The number of ketones is 1. The maximum Gasteiger partial charge on any atom is 0.360 e. The largest absolute Gasteiger partial charge is 0.360 e. The molecular formula is C22H24N4O5S2. The molecule has 0 fully saturated rings. The van der Waals surface area contributed by atoms with Crippen molar-refractivity contribution in [2.24, 2.45) is 0 Å². The molecule has 0 aliphatic carbocycles. The molecule has 0 saturated heterocycles. The lowest BCUT2D eigenvalue weighted by Crippen LogP contribution is -2.41. The summed E-state index contributed by atoms with van der Waals surface area (Å²) in [5.41, 5.74) is 1.32. The minimum absolute atomic E-state index is 0.0473. The van der Waals surface area contributed by atoms with Crippen LogP contribution in [0.25, 0.3) is 0 Å². The van der Waals surface area contributed by atoms with Crippen molar-refractivity contribution < 1.29 is 22.6 Å². The second-order valence-corrected chi connectivity index (χ2v) is 9.36. The van der Waals surface area contributed by atoms with Gasteiger partial charge in [0.2, 0.25) is 5.91 Å². The molecule has 0 aliphatic rings. The summed E-state index contributed by atoms with van der Waals surface area (Å²) in [6.45, 7) is 1.67. The van der Waals surface area contributed by atoms with Crippen molar-refractivity contribution in [3.8, 4) is 0 Å². The van der Waals surface area contributed by atoms with E-state index in [2.05, 4.69) is 15.3 Å². The zero-order valence-electron chi connectivity index (χ0n) is 17.9. The van der Waals surface area contributed by atoms with Crippen LogP contribution >= 0.6 is 11.3 Å². The van der Waals surface area contributed by atoms with Crippen LogP contribution in [0.3, 0.4) is 0 Å². The lowest BCUT2D eigenvalue weighted by molar-refractivity contribution is -0.121. The van der Waals surface area contributed by atoms with E-state index in [1.807, 2.05) is 12.3 Å². The number of carbonyl (C=O) groups excluding carboxylic acids is 2. The van der Waals surface area contributed by atoms with Gasteiger partial charge < -0.3 is 5.32 Å². The highest BCUT2D eigenvalue weighted by Gasteiger charge is 2.28. The summed E-state index contributed by atoms with van der Waals surface area (Å²) in [5.74, 6) is -0.713. The second kappa shape index (κ2) is 11.1. The van der Waals surface area contributed by atoms with Crippen LogP contribution in [-0.4, -0.2) is 41.2 Å². The van der Waals surface area contributed by atoms with Gasteiger partial charge >= 0.3 is 10.3 Å². The standard InChI is InChI=1S/C22H24N4O5S2/c1-2-16-15-32-22(24-16)19(14-26(33(29,30)31)17-8-4-3-5-9-17)25-21(28)12-11-20(27)18-10-6-7-13-23-18/h3-10,13,15,19H,2,11-12,14H2,1H3,(H,25,28)(H,29,30,31). The first-order chi connectivity index (χ1) is 15.8. The van der Waals surface area contributed by atoms with Crippen LogP contribution < -0.4 is 9.62 Å². The first kappa shape index (κ1) is 24.5. The number of rotatable bonds is 11. The molecule has 0 aliphatic heterocycles. The van der Waals surface area contributed by atoms with Gasteiger partial charge in [0, 0.05) is 24.4 Å². The van der Waals surface area contributed by atoms with Gasteiger partial charge in [-0.2, -0.15) is 8.42 Å². The molecule has 3 aromatic rings. The quantitative estimate of drug-likeness (QED) is 0.313.